The lowest BCUT2D eigenvalue weighted by atomic mass is 9.96. The average molecular weight is 636 g/mol. The molecule has 7 aromatic carbocycles. The molecule has 9 aromatic rings. The molecule has 0 spiro atoms. The summed E-state index contributed by atoms with van der Waals surface area (Å²) >= 11 is 0. The molecule has 2 heterocycles. The Morgan fingerprint density at radius 2 is 0.900 bits per heavy atom. The molecule has 9 rings (SSSR count). The minimum absolute atomic E-state index is 0.558. The summed E-state index contributed by atoms with van der Waals surface area (Å²) in [6.45, 7) is 0. The van der Waals surface area contributed by atoms with Crippen molar-refractivity contribution in [2.45, 2.75) is 0 Å². The molecule has 0 radical (unpaired) electrons. The minimum atomic E-state index is 0.558. The second kappa shape index (κ2) is 11.4. The van der Waals surface area contributed by atoms with Crippen LogP contribution in [0, 0.1) is 34.0 Å². The van der Waals surface area contributed by atoms with Crippen LogP contribution in [0.1, 0.15) is 16.7 Å². The summed E-state index contributed by atoms with van der Waals surface area (Å²) in [7, 11) is 0. The molecular weight excluding hydrogens is 611 g/mol. The highest BCUT2D eigenvalue weighted by molar-refractivity contribution is 6.11. The Kier molecular flexibility index (Phi) is 6.56. The third-order valence-electron chi connectivity index (χ3n) is 9.62. The molecule has 0 unspecified atom stereocenters. The van der Waals surface area contributed by atoms with Gasteiger partial charge in [0.1, 0.15) is 6.07 Å². The van der Waals surface area contributed by atoms with Gasteiger partial charge in [-0.05, 0) is 83.4 Å². The molecule has 0 bridgehead atoms. The highest BCUT2D eigenvalue weighted by atomic mass is 15.0. The lowest BCUT2D eigenvalue weighted by Gasteiger charge is -2.16. The summed E-state index contributed by atoms with van der Waals surface area (Å²) in [4.78, 5) is 0. The monoisotopic (exact) mass is 635 g/mol. The first-order valence-corrected chi connectivity index (χ1v) is 16.3. The highest BCUT2D eigenvalue weighted by Gasteiger charge is 2.19. The zero-order chi connectivity index (χ0) is 33.8. The largest absolute Gasteiger partial charge is 0.309 e. The van der Waals surface area contributed by atoms with Gasteiger partial charge in [0.15, 0.2) is 0 Å². The molecule has 5 heteroatoms. The molecular formula is C45H25N5. The van der Waals surface area contributed by atoms with Crippen molar-refractivity contribution < 1.29 is 0 Å². The predicted octanol–water partition coefficient (Wildman–Crippen LogP) is 10.8. The molecule has 0 aliphatic rings. The van der Waals surface area contributed by atoms with Gasteiger partial charge in [-0.2, -0.15) is 15.8 Å². The SMILES string of the molecule is N#Cc1ccc(-c2cccc(-c3ccc(C#N)c(-n4c5ccccc5c5ccccc54)c3)c2)c(-n2c3ccccc3c3cc(C#N)ccc32)c1. The van der Waals surface area contributed by atoms with Gasteiger partial charge in [-0.25, -0.2) is 0 Å². The van der Waals surface area contributed by atoms with E-state index in [0.29, 0.717) is 16.7 Å². The summed E-state index contributed by atoms with van der Waals surface area (Å²) in [6.07, 6.45) is 0. The summed E-state index contributed by atoms with van der Waals surface area (Å²) in [6, 6.07) is 57.8. The summed E-state index contributed by atoms with van der Waals surface area (Å²) < 4.78 is 4.38. The third-order valence-corrected chi connectivity index (χ3v) is 9.62. The number of fused-ring (bicyclic) bond motifs is 6. The van der Waals surface area contributed by atoms with E-state index in [0.717, 1.165) is 77.2 Å². The van der Waals surface area contributed by atoms with Crippen LogP contribution < -0.4 is 0 Å². The van der Waals surface area contributed by atoms with Gasteiger partial charge in [0.25, 0.3) is 0 Å². The van der Waals surface area contributed by atoms with E-state index in [-0.39, 0.29) is 0 Å². The smallest absolute Gasteiger partial charge is 0.101 e. The van der Waals surface area contributed by atoms with Gasteiger partial charge in [0.2, 0.25) is 0 Å². The van der Waals surface area contributed by atoms with Crippen molar-refractivity contribution in [3.05, 3.63) is 168 Å². The Hall–Kier alpha value is -7.39. The van der Waals surface area contributed by atoms with Crippen LogP contribution in [0.2, 0.25) is 0 Å². The van der Waals surface area contributed by atoms with Crippen LogP contribution in [0.15, 0.2) is 152 Å². The van der Waals surface area contributed by atoms with E-state index in [4.69, 9.17) is 0 Å². The maximum absolute atomic E-state index is 10.3. The second-order valence-electron chi connectivity index (χ2n) is 12.3. The Morgan fingerprint density at radius 3 is 1.56 bits per heavy atom. The van der Waals surface area contributed by atoms with Crippen LogP contribution in [0.5, 0.6) is 0 Å². The fourth-order valence-electron chi connectivity index (χ4n) is 7.37. The number of aromatic nitrogens is 2. The Morgan fingerprint density at radius 1 is 0.360 bits per heavy atom. The molecule has 0 fully saturated rings. The van der Waals surface area contributed by atoms with E-state index in [9.17, 15) is 15.8 Å². The van der Waals surface area contributed by atoms with E-state index in [1.807, 2.05) is 84.9 Å². The minimum Gasteiger partial charge on any atom is -0.309 e. The topological polar surface area (TPSA) is 81.2 Å². The van der Waals surface area contributed by atoms with Gasteiger partial charge in [-0.15, -0.1) is 0 Å². The van der Waals surface area contributed by atoms with Gasteiger partial charge in [-0.1, -0.05) is 84.9 Å². The fraction of sp³-hybridized carbons (Fsp3) is 0. The molecule has 0 aliphatic carbocycles. The Labute approximate surface area is 287 Å². The van der Waals surface area contributed by atoms with Crippen molar-refractivity contribution in [1.82, 2.24) is 9.13 Å². The van der Waals surface area contributed by atoms with Crippen molar-refractivity contribution in [2.24, 2.45) is 0 Å². The van der Waals surface area contributed by atoms with E-state index in [2.05, 4.69) is 94.1 Å². The third kappa shape index (κ3) is 4.38. The normalized spacial score (nSPS) is 11.1. The Bertz CT molecular complexity index is 2920. The number of rotatable bonds is 4. The van der Waals surface area contributed by atoms with Gasteiger partial charge >= 0.3 is 0 Å². The number of nitrogens with zero attached hydrogens (tertiary/aromatic N) is 5. The zero-order valence-electron chi connectivity index (χ0n) is 26.7. The van der Waals surface area contributed by atoms with Crippen LogP contribution in [0.3, 0.4) is 0 Å². The first kappa shape index (κ1) is 28.8. The Balaban J connectivity index is 1.25. The quantitative estimate of drug-likeness (QED) is 0.193. The molecule has 0 amide bonds. The number of benzene rings is 7. The lowest BCUT2D eigenvalue weighted by Crippen LogP contribution is -1.99. The summed E-state index contributed by atoms with van der Waals surface area (Å²) in [5, 5.41) is 34.2. The number of nitriles is 3. The van der Waals surface area contributed by atoms with Crippen molar-refractivity contribution in [3.8, 4) is 51.8 Å². The standard InChI is InChI=1S/C45H25N5/c46-26-29-17-21-43-39(22-29)38-12-3-6-15-42(38)50(43)45-23-30(27-47)16-20-35(45)33-9-7-8-31(24-33)32-18-19-34(28-48)44(25-32)49-40-13-4-1-10-36(40)37-11-2-5-14-41(37)49/h1-25H. The highest BCUT2D eigenvalue weighted by Crippen LogP contribution is 2.39. The van der Waals surface area contributed by atoms with Crippen LogP contribution in [0.25, 0.3) is 77.2 Å². The van der Waals surface area contributed by atoms with Gasteiger partial charge in [-0.3, -0.25) is 0 Å². The van der Waals surface area contributed by atoms with Gasteiger partial charge in [0.05, 0.1) is 62.3 Å². The second-order valence-corrected chi connectivity index (χ2v) is 12.3. The molecule has 50 heavy (non-hydrogen) atoms. The van der Waals surface area contributed by atoms with E-state index in [1.54, 1.807) is 0 Å². The van der Waals surface area contributed by atoms with E-state index < -0.39 is 0 Å². The predicted molar refractivity (Wildman–Crippen MR) is 200 cm³/mol. The molecule has 230 valence electrons. The summed E-state index contributed by atoms with van der Waals surface area (Å²) in [5.74, 6) is 0. The molecule has 5 nitrogen and oxygen atoms in total. The molecule has 2 aromatic heterocycles. The zero-order valence-corrected chi connectivity index (χ0v) is 26.7. The van der Waals surface area contributed by atoms with Crippen molar-refractivity contribution in [2.75, 3.05) is 0 Å². The van der Waals surface area contributed by atoms with Crippen molar-refractivity contribution in [1.29, 1.82) is 15.8 Å². The first-order chi connectivity index (χ1) is 24.7. The molecule has 0 N–H and O–H groups in total. The lowest BCUT2D eigenvalue weighted by molar-refractivity contribution is 1.17. The van der Waals surface area contributed by atoms with Crippen LogP contribution in [0.4, 0.5) is 0 Å². The van der Waals surface area contributed by atoms with E-state index in [1.165, 1.54) is 0 Å². The number of hydrogen-bond donors (Lipinski definition) is 0. The average Bonchev–Trinajstić information content (AvgIpc) is 3.70. The number of hydrogen-bond acceptors (Lipinski definition) is 3. The van der Waals surface area contributed by atoms with Crippen LogP contribution in [-0.4, -0.2) is 9.13 Å². The van der Waals surface area contributed by atoms with Crippen molar-refractivity contribution in [3.63, 3.8) is 0 Å². The van der Waals surface area contributed by atoms with Gasteiger partial charge < -0.3 is 9.13 Å². The van der Waals surface area contributed by atoms with Crippen LogP contribution >= 0.6 is 0 Å². The van der Waals surface area contributed by atoms with Crippen LogP contribution in [-0.2, 0) is 0 Å². The molecule has 0 atom stereocenters. The fourth-order valence-corrected chi connectivity index (χ4v) is 7.37. The molecule has 0 aliphatic heterocycles. The number of para-hydroxylation sites is 3. The molecule has 0 saturated carbocycles. The maximum Gasteiger partial charge on any atom is 0.101 e. The maximum atomic E-state index is 10.3. The molecule has 0 saturated heterocycles. The van der Waals surface area contributed by atoms with Gasteiger partial charge in [0, 0.05) is 27.1 Å². The van der Waals surface area contributed by atoms with E-state index >= 15 is 0 Å². The summed E-state index contributed by atoms with van der Waals surface area (Å²) in [5.41, 5.74) is 11.5. The van der Waals surface area contributed by atoms with Crippen molar-refractivity contribution >= 4 is 43.6 Å². The first-order valence-electron chi connectivity index (χ1n) is 16.3.